The van der Waals surface area contributed by atoms with E-state index in [2.05, 4.69) is 54.2 Å². The summed E-state index contributed by atoms with van der Waals surface area (Å²) in [5.41, 5.74) is 3.62. The standard InChI is InChI=1S/C12H13NS2/c1-2-9-3-5-10(6-4-9)12-13-11(7-14)8-15-12/h3-6,8,14H,2,7H2,1H3. The van der Waals surface area contributed by atoms with E-state index in [0.29, 0.717) is 5.75 Å². The van der Waals surface area contributed by atoms with Crippen molar-refractivity contribution in [3.05, 3.63) is 40.9 Å². The molecule has 1 aromatic heterocycles. The fourth-order valence-corrected chi connectivity index (χ4v) is 2.51. The Morgan fingerprint density at radius 2 is 2.00 bits per heavy atom. The molecule has 0 spiro atoms. The molecule has 3 heteroatoms. The van der Waals surface area contributed by atoms with Crippen molar-refractivity contribution in [2.45, 2.75) is 19.1 Å². The zero-order chi connectivity index (χ0) is 10.7. The number of rotatable bonds is 3. The van der Waals surface area contributed by atoms with Gasteiger partial charge in [0.25, 0.3) is 0 Å². The molecule has 2 aromatic rings. The lowest BCUT2D eigenvalue weighted by atomic mass is 10.1. The lowest BCUT2D eigenvalue weighted by molar-refractivity contribution is 1.14. The van der Waals surface area contributed by atoms with Crippen LogP contribution in [0.3, 0.4) is 0 Å². The second-order valence-electron chi connectivity index (χ2n) is 3.35. The van der Waals surface area contributed by atoms with Crippen LogP contribution < -0.4 is 0 Å². The molecular formula is C12H13NS2. The Kier molecular flexibility index (Phi) is 3.44. The molecule has 0 atom stereocenters. The smallest absolute Gasteiger partial charge is 0.123 e. The van der Waals surface area contributed by atoms with Crippen LogP contribution in [0, 0.1) is 0 Å². The molecule has 0 unspecified atom stereocenters. The Balaban J connectivity index is 2.28. The Labute approximate surface area is 99.6 Å². The maximum Gasteiger partial charge on any atom is 0.123 e. The summed E-state index contributed by atoms with van der Waals surface area (Å²) in [6.45, 7) is 2.16. The predicted octanol–water partition coefficient (Wildman–Crippen LogP) is 3.80. The first-order valence-corrected chi connectivity index (χ1v) is 6.49. The molecule has 0 aliphatic heterocycles. The van der Waals surface area contributed by atoms with Gasteiger partial charge in [0.1, 0.15) is 5.01 Å². The number of thiazole rings is 1. The lowest BCUT2D eigenvalue weighted by Gasteiger charge is -1.98. The van der Waals surface area contributed by atoms with E-state index >= 15 is 0 Å². The molecule has 1 nitrogen and oxygen atoms in total. The third-order valence-electron chi connectivity index (χ3n) is 2.32. The third-order valence-corrected chi connectivity index (χ3v) is 3.59. The third kappa shape index (κ3) is 2.41. The molecule has 0 saturated carbocycles. The molecule has 0 fully saturated rings. The molecule has 1 heterocycles. The van der Waals surface area contributed by atoms with Crippen molar-refractivity contribution >= 4 is 24.0 Å². The molecule has 0 amide bonds. The van der Waals surface area contributed by atoms with E-state index in [1.165, 1.54) is 11.1 Å². The summed E-state index contributed by atoms with van der Waals surface area (Å²) < 4.78 is 0. The number of nitrogens with zero attached hydrogens (tertiary/aromatic N) is 1. The van der Waals surface area contributed by atoms with Gasteiger partial charge in [-0.25, -0.2) is 4.98 Å². The summed E-state index contributed by atoms with van der Waals surface area (Å²) in [5, 5.41) is 3.15. The Morgan fingerprint density at radius 1 is 1.27 bits per heavy atom. The van der Waals surface area contributed by atoms with Crippen LogP contribution in [0.25, 0.3) is 10.6 Å². The van der Waals surface area contributed by atoms with Crippen molar-refractivity contribution in [2.24, 2.45) is 0 Å². The fourth-order valence-electron chi connectivity index (χ4n) is 1.40. The van der Waals surface area contributed by atoms with Gasteiger partial charge in [-0.15, -0.1) is 11.3 Å². The van der Waals surface area contributed by atoms with Crippen LogP contribution in [0.2, 0.25) is 0 Å². The Bertz CT molecular complexity index is 431. The molecule has 0 saturated heterocycles. The van der Waals surface area contributed by atoms with Crippen LogP contribution in [0.15, 0.2) is 29.6 Å². The number of thiol groups is 1. The van der Waals surface area contributed by atoms with E-state index < -0.39 is 0 Å². The summed E-state index contributed by atoms with van der Waals surface area (Å²) >= 11 is 5.89. The van der Waals surface area contributed by atoms with Crippen LogP contribution in [0.5, 0.6) is 0 Å². The lowest BCUT2D eigenvalue weighted by Crippen LogP contribution is -1.82. The molecule has 0 aliphatic carbocycles. The van der Waals surface area contributed by atoms with Crippen LogP contribution in [0.1, 0.15) is 18.2 Å². The first kappa shape index (κ1) is 10.7. The zero-order valence-electron chi connectivity index (χ0n) is 8.60. The molecule has 15 heavy (non-hydrogen) atoms. The molecule has 0 aliphatic rings. The van der Waals surface area contributed by atoms with Gasteiger partial charge in [-0.1, -0.05) is 31.2 Å². The van der Waals surface area contributed by atoms with Gasteiger partial charge in [-0.2, -0.15) is 12.6 Å². The molecular weight excluding hydrogens is 222 g/mol. The summed E-state index contributed by atoms with van der Waals surface area (Å²) in [6.07, 6.45) is 1.08. The van der Waals surface area contributed by atoms with Crippen LogP contribution >= 0.6 is 24.0 Å². The largest absolute Gasteiger partial charge is 0.240 e. The van der Waals surface area contributed by atoms with Crippen molar-refractivity contribution in [2.75, 3.05) is 0 Å². The van der Waals surface area contributed by atoms with Gasteiger partial charge < -0.3 is 0 Å². The van der Waals surface area contributed by atoms with Crippen molar-refractivity contribution in [1.82, 2.24) is 4.98 Å². The van der Waals surface area contributed by atoms with E-state index in [4.69, 9.17) is 0 Å². The van der Waals surface area contributed by atoms with Crippen LogP contribution in [0.4, 0.5) is 0 Å². The van der Waals surface area contributed by atoms with E-state index in [1.807, 2.05) is 0 Å². The molecule has 78 valence electrons. The van der Waals surface area contributed by atoms with E-state index in [1.54, 1.807) is 11.3 Å². The summed E-state index contributed by atoms with van der Waals surface area (Å²) in [7, 11) is 0. The van der Waals surface area contributed by atoms with Crippen molar-refractivity contribution in [1.29, 1.82) is 0 Å². The predicted molar refractivity (Wildman–Crippen MR) is 69.6 cm³/mol. The Morgan fingerprint density at radius 3 is 2.53 bits per heavy atom. The van der Waals surface area contributed by atoms with Gasteiger partial charge >= 0.3 is 0 Å². The van der Waals surface area contributed by atoms with Crippen LogP contribution in [-0.2, 0) is 12.2 Å². The maximum atomic E-state index is 4.50. The second kappa shape index (κ2) is 4.81. The second-order valence-corrected chi connectivity index (χ2v) is 4.53. The Hall–Kier alpha value is -0.800. The van der Waals surface area contributed by atoms with Gasteiger partial charge in [0, 0.05) is 16.7 Å². The number of hydrogen-bond donors (Lipinski definition) is 1. The highest BCUT2D eigenvalue weighted by molar-refractivity contribution is 7.79. The van der Waals surface area contributed by atoms with Gasteiger partial charge in [0.15, 0.2) is 0 Å². The molecule has 0 radical (unpaired) electrons. The summed E-state index contributed by atoms with van der Waals surface area (Å²) in [5.74, 6) is 0.712. The molecule has 0 N–H and O–H groups in total. The van der Waals surface area contributed by atoms with Gasteiger partial charge in [-0.05, 0) is 12.0 Å². The van der Waals surface area contributed by atoms with E-state index in [-0.39, 0.29) is 0 Å². The minimum absolute atomic E-state index is 0.712. The summed E-state index contributed by atoms with van der Waals surface area (Å²) in [6, 6.07) is 8.61. The zero-order valence-corrected chi connectivity index (χ0v) is 10.3. The number of benzene rings is 1. The summed E-state index contributed by atoms with van der Waals surface area (Å²) in [4.78, 5) is 4.50. The topological polar surface area (TPSA) is 12.9 Å². The highest BCUT2D eigenvalue weighted by Gasteiger charge is 2.03. The minimum Gasteiger partial charge on any atom is -0.240 e. The quantitative estimate of drug-likeness (QED) is 0.798. The van der Waals surface area contributed by atoms with Crippen LogP contribution in [-0.4, -0.2) is 4.98 Å². The van der Waals surface area contributed by atoms with Gasteiger partial charge in [0.2, 0.25) is 0 Å². The molecule has 0 bridgehead atoms. The maximum absolute atomic E-state index is 4.50. The SMILES string of the molecule is CCc1ccc(-c2nc(CS)cs2)cc1. The van der Waals surface area contributed by atoms with Crippen molar-refractivity contribution in [3.8, 4) is 10.6 Å². The normalized spacial score (nSPS) is 10.5. The van der Waals surface area contributed by atoms with E-state index in [0.717, 1.165) is 17.1 Å². The van der Waals surface area contributed by atoms with E-state index in [9.17, 15) is 0 Å². The van der Waals surface area contributed by atoms with Crippen molar-refractivity contribution in [3.63, 3.8) is 0 Å². The number of hydrogen-bond acceptors (Lipinski definition) is 3. The minimum atomic E-state index is 0.712. The fraction of sp³-hybridized carbons (Fsp3) is 0.250. The number of aromatic nitrogens is 1. The highest BCUT2D eigenvalue weighted by atomic mass is 32.1. The first-order valence-electron chi connectivity index (χ1n) is 4.98. The first-order chi connectivity index (χ1) is 7.33. The van der Waals surface area contributed by atoms with Crippen molar-refractivity contribution < 1.29 is 0 Å². The number of aryl methyl sites for hydroxylation is 1. The van der Waals surface area contributed by atoms with Gasteiger partial charge in [0.05, 0.1) is 5.69 Å². The molecule has 2 rings (SSSR count). The monoisotopic (exact) mass is 235 g/mol. The average Bonchev–Trinajstić information content (AvgIpc) is 2.78. The van der Waals surface area contributed by atoms with Gasteiger partial charge in [-0.3, -0.25) is 0 Å². The average molecular weight is 235 g/mol. The molecule has 1 aromatic carbocycles. The highest BCUT2D eigenvalue weighted by Crippen LogP contribution is 2.24.